The lowest BCUT2D eigenvalue weighted by atomic mass is 10.1. The van der Waals surface area contributed by atoms with Gasteiger partial charge in [-0.3, -0.25) is 9.69 Å². The molecule has 1 aromatic rings. The van der Waals surface area contributed by atoms with Crippen LogP contribution in [0.4, 0.5) is 0 Å². The fraction of sp³-hybridized carbons (Fsp3) is 0.583. The van der Waals surface area contributed by atoms with Gasteiger partial charge < -0.3 is 10.4 Å². The van der Waals surface area contributed by atoms with Gasteiger partial charge in [0.1, 0.15) is 6.04 Å². The summed E-state index contributed by atoms with van der Waals surface area (Å²) in [5.41, 5.74) is 0. The van der Waals surface area contributed by atoms with Crippen LogP contribution in [0.5, 0.6) is 0 Å². The molecule has 1 fully saturated rings. The van der Waals surface area contributed by atoms with Crippen LogP contribution in [0, 0.1) is 6.92 Å². The largest absolute Gasteiger partial charge is 0.480 e. The van der Waals surface area contributed by atoms with Gasteiger partial charge in [0.25, 0.3) is 0 Å². The Kier molecular flexibility index (Phi) is 3.81. The van der Waals surface area contributed by atoms with Gasteiger partial charge in [-0.15, -0.1) is 11.3 Å². The summed E-state index contributed by atoms with van der Waals surface area (Å²) >= 11 is 1.75. The van der Waals surface area contributed by atoms with Gasteiger partial charge >= 0.3 is 5.97 Å². The Hall–Kier alpha value is -0.910. The molecule has 2 atom stereocenters. The van der Waals surface area contributed by atoms with Crippen molar-refractivity contribution in [3.05, 3.63) is 21.9 Å². The summed E-state index contributed by atoms with van der Waals surface area (Å²) in [5, 5.41) is 12.4. The lowest BCUT2D eigenvalue weighted by molar-refractivity contribution is -0.145. The quantitative estimate of drug-likeness (QED) is 0.858. The van der Waals surface area contributed by atoms with Crippen LogP contribution in [-0.4, -0.2) is 41.7 Å². The molecule has 2 heterocycles. The molecule has 0 aliphatic carbocycles. The van der Waals surface area contributed by atoms with E-state index in [0.717, 1.165) is 13.1 Å². The maximum absolute atomic E-state index is 11.2. The lowest BCUT2D eigenvalue weighted by Gasteiger charge is -2.37. The van der Waals surface area contributed by atoms with Crippen LogP contribution in [0.2, 0.25) is 0 Å². The minimum absolute atomic E-state index is 0.178. The summed E-state index contributed by atoms with van der Waals surface area (Å²) in [6, 6.07) is 3.96. The molecule has 0 bridgehead atoms. The highest BCUT2D eigenvalue weighted by molar-refractivity contribution is 7.12. The van der Waals surface area contributed by atoms with Crippen LogP contribution in [0.1, 0.15) is 22.7 Å². The number of rotatable bonds is 3. The van der Waals surface area contributed by atoms with Gasteiger partial charge in [-0.1, -0.05) is 0 Å². The summed E-state index contributed by atoms with van der Waals surface area (Å²) in [6.45, 7) is 6.34. The minimum atomic E-state index is -0.739. The number of hydrogen-bond acceptors (Lipinski definition) is 4. The Morgan fingerprint density at radius 2 is 2.41 bits per heavy atom. The summed E-state index contributed by atoms with van der Waals surface area (Å²) in [5.74, 6) is -0.739. The van der Waals surface area contributed by atoms with Gasteiger partial charge in [0.2, 0.25) is 0 Å². The van der Waals surface area contributed by atoms with E-state index in [4.69, 9.17) is 0 Å². The number of aryl methyl sites for hydroxylation is 1. The molecule has 1 aromatic heterocycles. The zero-order chi connectivity index (χ0) is 12.4. The Balaban J connectivity index is 2.16. The zero-order valence-electron chi connectivity index (χ0n) is 10.1. The Bertz CT molecular complexity index is 405. The predicted octanol–water partition coefficient (Wildman–Crippen LogP) is 1.48. The number of nitrogens with one attached hydrogen (secondary N) is 1. The highest BCUT2D eigenvalue weighted by atomic mass is 32.1. The van der Waals surface area contributed by atoms with Crippen LogP contribution in [0.15, 0.2) is 12.1 Å². The third kappa shape index (κ3) is 2.68. The monoisotopic (exact) mass is 254 g/mol. The van der Waals surface area contributed by atoms with Gasteiger partial charge in [0.15, 0.2) is 0 Å². The van der Waals surface area contributed by atoms with Crippen molar-refractivity contribution < 1.29 is 9.90 Å². The number of hydrogen-bond donors (Lipinski definition) is 2. The van der Waals surface area contributed by atoms with E-state index in [0.29, 0.717) is 6.54 Å². The van der Waals surface area contributed by atoms with Gasteiger partial charge in [-0.05, 0) is 26.0 Å². The van der Waals surface area contributed by atoms with E-state index < -0.39 is 12.0 Å². The van der Waals surface area contributed by atoms with Crippen LogP contribution in [-0.2, 0) is 4.79 Å². The van der Waals surface area contributed by atoms with Crippen molar-refractivity contribution in [3.8, 4) is 0 Å². The Morgan fingerprint density at radius 3 is 3.00 bits per heavy atom. The van der Waals surface area contributed by atoms with E-state index in [1.54, 1.807) is 11.3 Å². The molecular formula is C12H18N2O2S. The fourth-order valence-corrected chi connectivity index (χ4v) is 3.20. The number of piperazine rings is 1. The van der Waals surface area contributed by atoms with E-state index in [1.165, 1.54) is 9.75 Å². The molecule has 0 aromatic carbocycles. The maximum atomic E-state index is 11.2. The number of carbonyl (C=O) groups is 1. The van der Waals surface area contributed by atoms with Crippen molar-refractivity contribution in [1.29, 1.82) is 0 Å². The molecule has 1 aliphatic rings. The normalized spacial score (nSPS) is 23.5. The number of nitrogens with zero attached hydrogens (tertiary/aromatic N) is 1. The highest BCUT2D eigenvalue weighted by Crippen LogP contribution is 2.29. The third-order valence-corrected chi connectivity index (χ3v) is 4.41. The summed E-state index contributed by atoms with van der Waals surface area (Å²) < 4.78 is 0. The molecular weight excluding hydrogens is 236 g/mol. The highest BCUT2D eigenvalue weighted by Gasteiger charge is 2.32. The van der Waals surface area contributed by atoms with E-state index in [2.05, 4.69) is 36.2 Å². The number of thiophene rings is 1. The lowest BCUT2D eigenvalue weighted by Crippen LogP contribution is -2.55. The smallest absolute Gasteiger partial charge is 0.322 e. The molecule has 2 rings (SSSR count). The molecule has 17 heavy (non-hydrogen) atoms. The summed E-state index contributed by atoms with van der Waals surface area (Å²) in [4.78, 5) is 15.8. The van der Waals surface area contributed by atoms with Crippen LogP contribution >= 0.6 is 11.3 Å². The average molecular weight is 254 g/mol. The molecule has 4 nitrogen and oxygen atoms in total. The molecule has 94 valence electrons. The van der Waals surface area contributed by atoms with Crippen molar-refractivity contribution >= 4 is 17.3 Å². The number of aliphatic carboxylic acids is 1. The zero-order valence-corrected chi connectivity index (χ0v) is 11.0. The average Bonchev–Trinajstić information content (AvgIpc) is 2.75. The Labute approximate surface area is 105 Å². The van der Waals surface area contributed by atoms with Crippen molar-refractivity contribution in [1.82, 2.24) is 10.2 Å². The van der Waals surface area contributed by atoms with Crippen molar-refractivity contribution in [2.24, 2.45) is 0 Å². The van der Waals surface area contributed by atoms with Crippen molar-refractivity contribution in [3.63, 3.8) is 0 Å². The van der Waals surface area contributed by atoms with E-state index in [-0.39, 0.29) is 6.04 Å². The second-order valence-corrected chi connectivity index (χ2v) is 5.74. The second-order valence-electron chi connectivity index (χ2n) is 4.42. The van der Waals surface area contributed by atoms with Crippen molar-refractivity contribution in [2.75, 3.05) is 19.6 Å². The SMILES string of the molecule is Cc1ccc(C(C)N2CCNCC2C(=O)O)s1. The second kappa shape index (κ2) is 5.16. The van der Waals surface area contributed by atoms with Crippen LogP contribution in [0.3, 0.4) is 0 Å². The number of carboxylic acids is 1. The molecule has 2 unspecified atom stereocenters. The first-order valence-electron chi connectivity index (χ1n) is 5.85. The first kappa shape index (κ1) is 12.5. The van der Waals surface area contributed by atoms with E-state index in [9.17, 15) is 9.90 Å². The first-order valence-corrected chi connectivity index (χ1v) is 6.67. The van der Waals surface area contributed by atoms with Gasteiger partial charge in [0, 0.05) is 35.4 Å². The molecule has 5 heteroatoms. The number of carboxylic acid groups (broad SMARTS) is 1. The summed E-state index contributed by atoms with van der Waals surface area (Å²) in [6.07, 6.45) is 0. The topological polar surface area (TPSA) is 52.6 Å². The van der Waals surface area contributed by atoms with Gasteiger partial charge in [-0.2, -0.15) is 0 Å². The fourth-order valence-electron chi connectivity index (χ4n) is 2.25. The van der Waals surface area contributed by atoms with Crippen molar-refractivity contribution in [2.45, 2.75) is 25.9 Å². The molecule has 0 saturated carbocycles. The molecule has 1 aliphatic heterocycles. The van der Waals surface area contributed by atoms with Crippen LogP contribution in [0.25, 0.3) is 0 Å². The first-order chi connectivity index (χ1) is 8.09. The predicted molar refractivity (Wildman–Crippen MR) is 68.5 cm³/mol. The molecule has 1 saturated heterocycles. The molecule has 0 amide bonds. The summed E-state index contributed by atoms with van der Waals surface area (Å²) in [7, 11) is 0. The van der Waals surface area contributed by atoms with E-state index >= 15 is 0 Å². The standard InChI is InChI=1S/C12H18N2O2S/c1-8-3-4-11(17-8)9(2)14-6-5-13-7-10(14)12(15)16/h3-4,9-10,13H,5-7H2,1-2H3,(H,15,16). The van der Waals surface area contributed by atoms with Gasteiger partial charge in [0.05, 0.1) is 0 Å². The van der Waals surface area contributed by atoms with E-state index in [1.807, 2.05) is 0 Å². The van der Waals surface area contributed by atoms with Crippen LogP contribution < -0.4 is 5.32 Å². The molecule has 0 spiro atoms. The molecule has 2 N–H and O–H groups in total. The Morgan fingerprint density at radius 1 is 1.65 bits per heavy atom. The minimum Gasteiger partial charge on any atom is -0.480 e. The molecule has 0 radical (unpaired) electrons. The third-order valence-electron chi connectivity index (χ3n) is 3.24. The maximum Gasteiger partial charge on any atom is 0.322 e. The van der Waals surface area contributed by atoms with Gasteiger partial charge in [-0.25, -0.2) is 0 Å².